The van der Waals surface area contributed by atoms with Crippen LogP contribution in [0.5, 0.6) is 0 Å². The van der Waals surface area contributed by atoms with Crippen LogP contribution in [-0.2, 0) is 14.3 Å². The summed E-state index contributed by atoms with van der Waals surface area (Å²) >= 11 is 0. The number of carbonyl (C=O) groups is 3. The molecule has 3 atom stereocenters. The maximum Gasteiger partial charge on any atom is 0.407 e. The Labute approximate surface area is 193 Å². The molecule has 3 unspecified atom stereocenters. The number of alkyl carbamates (subject to hydrolysis) is 1. The average Bonchev–Trinajstić information content (AvgIpc) is 3.30. The lowest BCUT2D eigenvalue weighted by Crippen LogP contribution is -2.50. The molecule has 2 aromatic carbocycles. The third-order valence-corrected chi connectivity index (χ3v) is 6.89. The van der Waals surface area contributed by atoms with Crippen LogP contribution in [0.1, 0.15) is 50.7 Å². The monoisotopic (exact) mass is 450 g/mol. The Kier molecular flexibility index (Phi) is 6.15. The van der Waals surface area contributed by atoms with Gasteiger partial charge in [0.25, 0.3) is 0 Å². The van der Waals surface area contributed by atoms with Crippen LogP contribution < -0.4 is 10.6 Å². The highest BCUT2D eigenvalue weighted by atomic mass is 16.5. The van der Waals surface area contributed by atoms with Gasteiger partial charge in [0.15, 0.2) is 0 Å². The van der Waals surface area contributed by atoms with Crippen LogP contribution in [0.25, 0.3) is 11.1 Å². The van der Waals surface area contributed by atoms with E-state index in [1.165, 1.54) is 0 Å². The van der Waals surface area contributed by atoms with E-state index in [2.05, 4.69) is 24.5 Å². The van der Waals surface area contributed by atoms with Crippen LogP contribution >= 0.6 is 0 Å². The lowest BCUT2D eigenvalue weighted by Gasteiger charge is -2.21. The van der Waals surface area contributed by atoms with Crippen molar-refractivity contribution in [3.63, 3.8) is 0 Å². The summed E-state index contributed by atoms with van der Waals surface area (Å²) in [5.41, 5.74) is 4.54. The maximum atomic E-state index is 12.7. The molecule has 174 valence electrons. The Hall–Kier alpha value is -3.35. The molecule has 3 N–H and O–H groups in total. The molecule has 0 bridgehead atoms. The van der Waals surface area contributed by atoms with Crippen molar-refractivity contribution in [3.8, 4) is 11.1 Å². The summed E-state index contributed by atoms with van der Waals surface area (Å²) < 4.78 is 5.48. The van der Waals surface area contributed by atoms with Crippen molar-refractivity contribution in [1.29, 1.82) is 0 Å². The van der Waals surface area contributed by atoms with E-state index >= 15 is 0 Å². The molecule has 1 saturated carbocycles. The molecule has 4 rings (SSSR count). The molecule has 2 amide bonds. The lowest BCUT2D eigenvalue weighted by molar-refractivity contribution is -0.140. The number of ether oxygens (including phenoxy) is 1. The molecule has 33 heavy (non-hydrogen) atoms. The zero-order chi connectivity index (χ0) is 23.8. The Morgan fingerprint density at radius 1 is 1.03 bits per heavy atom. The average molecular weight is 451 g/mol. The number of amides is 2. The van der Waals surface area contributed by atoms with Crippen LogP contribution in [-0.4, -0.2) is 41.8 Å². The standard InChI is InChI=1S/C26H30N2O5/c1-15(21-13-26(21,2)3)27-24(31)22(12-23(29)30)28-25(32)33-14-20-18-10-6-4-8-16(18)17-9-5-7-11-19(17)20/h4-11,15,20-22H,12-14H2,1-3H3,(H,27,31)(H,28,32)(H,29,30). The number of aliphatic carboxylic acids is 1. The molecule has 0 aliphatic heterocycles. The molecule has 0 heterocycles. The fourth-order valence-electron chi connectivity index (χ4n) is 4.95. The molecule has 0 saturated heterocycles. The molecule has 0 spiro atoms. The van der Waals surface area contributed by atoms with Crippen molar-refractivity contribution in [1.82, 2.24) is 10.6 Å². The highest BCUT2D eigenvalue weighted by Gasteiger charge is 2.49. The number of carboxylic acids is 1. The van der Waals surface area contributed by atoms with Gasteiger partial charge in [-0.3, -0.25) is 9.59 Å². The topological polar surface area (TPSA) is 105 Å². The second-order valence-corrected chi connectivity index (χ2v) is 9.72. The minimum Gasteiger partial charge on any atom is -0.481 e. The number of carboxylic acid groups (broad SMARTS) is 1. The van der Waals surface area contributed by atoms with Gasteiger partial charge in [0, 0.05) is 12.0 Å². The van der Waals surface area contributed by atoms with Crippen molar-refractivity contribution >= 4 is 18.0 Å². The predicted octanol–water partition coefficient (Wildman–Crippen LogP) is 3.92. The number of hydrogen-bond acceptors (Lipinski definition) is 4. The molecule has 1 fully saturated rings. The summed E-state index contributed by atoms with van der Waals surface area (Å²) in [6.45, 7) is 6.25. The van der Waals surface area contributed by atoms with E-state index in [1.807, 2.05) is 55.5 Å². The first kappa shape index (κ1) is 22.8. The first-order valence-electron chi connectivity index (χ1n) is 11.3. The Bertz CT molecular complexity index is 1030. The minimum absolute atomic E-state index is 0.0912. The summed E-state index contributed by atoms with van der Waals surface area (Å²) in [6, 6.07) is 14.7. The van der Waals surface area contributed by atoms with Crippen molar-refractivity contribution < 1.29 is 24.2 Å². The van der Waals surface area contributed by atoms with E-state index in [1.54, 1.807) is 0 Å². The van der Waals surface area contributed by atoms with Crippen molar-refractivity contribution in [3.05, 3.63) is 59.7 Å². The number of fused-ring (bicyclic) bond motifs is 3. The smallest absolute Gasteiger partial charge is 0.407 e. The van der Waals surface area contributed by atoms with E-state index in [0.29, 0.717) is 5.92 Å². The summed E-state index contributed by atoms with van der Waals surface area (Å²) in [7, 11) is 0. The zero-order valence-corrected chi connectivity index (χ0v) is 19.1. The van der Waals surface area contributed by atoms with Gasteiger partial charge in [-0.05, 0) is 46.9 Å². The zero-order valence-electron chi connectivity index (χ0n) is 19.1. The molecule has 0 radical (unpaired) electrons. The summed E-state index contributed by atoms with van der Waals surface area (Å²) in [6.07, 6.45) is -0.327. The van der Waals surface area contributed by atoms with E-state index in [9.17, 15) is 19.5 Å². The van der Waals surface area contributed by atoms with Crippen LogP contribution in [0.3, 0.4) is 0 Å². The molecule has 2 aliphatic carbocycles. The first-order chi connectivity index (χ1) is 15.7. The molecule has 7 nitrogen and oxygen atoms in total. The van der Waals surface area contributed by atoms with E-state index in [-0.39, 0.29) is 24.0 Å². The third kappa shape index (κ3) is 4.87. The molecular weight excluding hydrogens is 420 g/mol. The van der Waals surface area contributed by atoms with Gasteiger partial charge in [-0.2, -0.15) is 0 Å². The maximum absolute atomic E-state index is 12.7. The normalized spacial score (nSPS) is 19.5. The van der Waals surface area contributed by atoms with Gasteiger partial charge in [0.1, 0.15) is 12.6 Å². The van der Waals surface area contributed by atoms with Gasteiger partial charge in [-0.15, -0.1) is 0 Å². The van der Waals surface area contributed by atoms with Crippen LogP contribution in [0.15, 0.2) is 48.5 Å². The number of benzene rings is 2. The highest BCUT2D eigenvalue weighted by molar-refractivity contribution is 5.89. The van der Waals surface area contributed by atoms with Crippen LogP contribution in [0.4, 0.5) is 4.79 Å². The number of rotatable bonds is 8. The number of carbonyl (C=O) groups excluding carboxylic acids is 2. The Morgan fingerprint density at radius 3 is 2.09 bits per heavy atom. The summed E-state index contributed by atoms with van der Waals surface area (Å²) in [4.78, 5) is 36.6. The van der Waals surface area contributed by atoms with Crippen molar-refractivity contribution in [2.24, 2.45) is 11.3 Å². The van der Waals surface area contributed by atoms with Gasteiger partial charge in [0.2, 0.25) is 5.91 Å². The van der Waals surface area contributed by atoms with Crippen LogP contribution in [0, 0.1) is 11.3 Å². The molecular formula is C26H30N2O5. The van der Waals surface area contributed by atoms with E-state index in [4.69, 9.17) is 4.74 Å². The molecule has 7 heteroatoms. The second-order valence-electron chi connectivity index (χ2n) is 9.72. The van der Waals surface area contributed by atoms with E-state index < -0.39 is 30.4 Å². The lowest BCUT2D eigenvalue weighted by atomic mass is 9.98. The fraction of sp³-hybridized carbons (Fsp3) is 0.423. The van der Waals surface area contributed by atoms with Gasteiger partial charge in [-0.25, -0.2) is 4.79 Å². The van der Waals surface area contributed by atoms with Crippen molar-refractivity contribution in [2.45, 2.75) is 51.6 Å². The molecule has 2 aromatic rings. The van der Waals surface area contributed by atoms with Crippen molar-refractivity contribution in [2.75, 3.05) is 6.61 Å². The quantitative estimate of drug-likeness (QED) is 0.565. The highest BCUT2D eigenvalue weighted by Crippen LogP contribution is 2.53. The Morgan fingerprint density at radius 2 is 1.58 bits per heavy atom. The van der Waals surface area contributed by atoms with Gasteiger partial charge in [0.05, 0.1) is 6.42 Å². The Balaban J connectivity index is 1.39. The second kappa shape index (κ2) is 8.89. The minimum atomic E-state index is -1.21. The van der Waals surface area contributed by atoms with Crippen LogP contribution in [0.2, 0.25) is 0 Å². The fourth-order valence-corrected chi connectivity index (χ4v) is 4.95. The number of hydrogen-bond donors (Lipinski definition) is 3. The number of nitrogens with one attached hydrogen (secondary N) is 2. The van der Waals surface area contributed by atoms with Gasteiger partial charge < -0.3 is 20.5 Å². The largest absolute Gasteiger partial charge is 0.481 e. The molecule has 0 aromatic heterocycles. The predicted molar refractivity (Wildman–Crippen MR) is 124 cm³/mol. The summed E-state index contributed by atoms with van der Waals surface area (Å²) in [5, 5.41) is 14.5. The van der Waals surface area contributed by atoms with Gasteiger partial charge in [-0.1, -0.05) is 62.4 Å². The SMILES string of the molecule is CC(NC(=O)C(CC(=O)O)NC(=O)OCC1c2ccccc2-c2ccccc21)C1CC1(C)C. The third-order valence-electron chi connectivity index (χ3n) is 6.89. The molecule has 2 aliphatic rings. The summed E-state index contributed by atoms with van der Waals surface area (Å²) in [5.74, 6) is -1.47. The van der Waals surface area contributed by atoms with Gasteiger partial charge >= 0.3 is 12.1 Å². The van der Waals surface area contributed by atoms with E-state index in [0.717, 1.165) is 28.7 Å². The first-order valence-corrected chi connectivity index (χ1v) is 11.3.